The summed E-state index contributed by atoms with van der Waals surface area (Å²) in [6.07, 6.45) is 9.10. The Morgan fingerprint density at radius 3 is 2.80 bits per heavy atom. The Bertz CT molecular complexity index is 788. The molecule has 164 valence electrons. The molecule has 0 bridgehead atoms. The van der Waals surface area contributed by atoms with Gasteiger partial charge in [0.1, 0.15) is 12.7 Å². The number of hydrogen-bond donors (Lipinski definition) is 2. The molecule has 0 aromatic rings. The molecule has 0 saturated heterocycles. The fraction of sp³-hybridized carbons (Fsp3) is 0.609. The molecule has 2 fully saturated rings. The third-order valence-corrected chi connectivity index (χ3v) is 7.22. The van der Waals surface area contributed by atoms with Crippen LogP contribution in [0.4, 0.5) is 0 Å². The molecule has 7 nitrogen and oxygen atoms in total. The Balaban J connectivity index is 1.90. The maximum Gasteiger partial charge on any atom is 0.338 e. The van der Waals surface area contributed by atoms with Crippen LogP contribution in [0.15, 0.2) is 36.0 Å². The molecular formula is C23H32N2O5. The van der Waals surface area contributed by atoms with Crippen LogP contribution in [0.5, 0.6) is 0 Å². The number of esters is 2. The first-order valence-electron chi connectivity index (χ1n) is 10.5. The van der Waals surface area contributed by atoms with Crippen LogP contribution in [0.3, 0.4) is 0 Å². The van der Waals surface area contributed by atoms with Crippen molar-refractivity contribution in [2.24, 2.45) is 17.3 Å². The van der Waals surface area contributed by atoms with Crippen molar-refractivity contribution in [3.05, 3.63) is 36.0 Å². The van der Waals surface area contributed by atoms with Crippen LogP contribution in [0.2, 0.25) is 0 Å². The Labute approximate surface area is 177 Å². The van der Waals surface area contributed by atoms with E-state index in [0.29, 0.717) is 25.0 Å². The Kier molecular flexibility index (Phi) is 6.50. The first-order chi connectivity index (χ1) is 14.3. The molecule has 2 N–H and O–H groups in total. The van der Waals surface area contributed by atoms with Crippen molar-refractivity contribution in [3.63, 3.8) is 0 Å². The van der Waals surface area contributed by atoms with Gasteiger partial charge in [-0.2, -0.15) is 0 Å². The number of amides is 1. The topological polar surface area (TPSA) is 93.7 Å². The summed E-state index contributed by atoms with van der Waals surface area (Å²) < 4.78 is 10.8. The smallest absolute Gasteiger partial charge is 0.338 e. The minimum atomic E-state index is -0.684. The third kappa shape index (κ3) is 3.95. The van der Waals surface area contributed by atoms with Gasteiger partial charge in [-0.15, -0.1) is 0 Å². The summed E-state index contributed by atoms with van der Waals surface area (Å²) in [6, 6.07) is 0. The van der Waals surface area contributed by atoms with Crippen molar-refractivity contribution in [2.45, 2.75) is 51.2 Å². The van der Waals surface area contributed by atoms with Gasteiger partial charge in [-0.05, 0) is 57.1 Å². The van der Waals surface area contributed by atoms with E-state index in [2.05, 4.69) is 30.2 Å². The van der Waals surface area contributed by atoms with Crippen LogP contribution in [0, 0.1) is 17.3 Å². The van der Waals surface area contributed by atoms with Crippen molar-refractivity contribution >= 4 is 18.3 Å². The molecule has 2 aliphatic carbocycles. The lowest BCUT2D eigenvalue weighted by Crippen LogP contribution is -2.67. The maximum absolute atomic E-state index is 12.2. The average molecular weight is 417 g/mol. The van der Waals surface area contributed by atoms with Gasteiger partial charge in [0, 0.05) is 5.92 Å². The van der Waals surface area contributed by atoms with Crippen LogP contribution in [-0.4, -0.2) is 50.2 Å². The van der Waals surface area contributed by atoms with Gasteiger partial charge >= 0.3 is 11.9 Å². The summed E-state index contributed by atoms with van der Waals surface area (Å²) in [7, 11) is 1.70. The molecule has 0 radical (unpaired) electrons. The Morgan fingerprint density at radius 2 is 2.17 bits per heavy atom. The summed E-state index contributed by atoms with van der Waals surface area (Å²) in [5, 5.41) is 5.82. The number of fused-ring (bicyclic) bond motifs is 1. The van der Waals surface area contributed by atoms with Gasteiger partial charge in [0.15, 0.2) is 0 Å². The monoisotopic (exact) mass is 416 g/mol. The Hall–Kier alpha value is -2.41. The van der Waals surface area contributed by atoms with Crippen LogP contribution >= 0.6 is 0 Å². The highest BCUT2D eigenvalue weighted by Crippen LogP contribution is 2.58. The van der Waals surface area contributed by atoms with Gasteiger partial charge in [0.25, 0.3) is 0 Å². The van der Waals surface area contributed by atoms with E-state index < -0.39 is 11.6 Å². The van der Waals surface area contributed by atoms with E-state index in [-0.39, 0.29) is 35.7 Å². The molecule has 3 aliphatic rings. The van der Waals surface area contributed by atoms with Crippen molar-refractivity contribution in [1.29, 1.82) is 0 Å². The molecular weight excluding hydrogens is 384 g/mol. The van der Waals surface area contributed by atoms with Gasteiger partial charge in [0.05, 0.1) is 17.7 Å². The largest absolute Gasteiger partial charge is 0.459 e. The molecule has 0 unspecified atom stereocenters. The number of hydrogen-bond acceptors (Lipinski definition) is 6. The number of ether oxygens (including phenoxy) is 2. The first kappa shape index (κ1) is 22.3. The number of allylic oxidation sites excluding steroid dienone is 2. The molecule has 0 aromatic carbocycles. The van der Waals surface area contributed by atoms with E-state index in [0.717, 1.165) is 24.8 Å². The van der Waals surface area contributed by atoms with E-state index in [4.69, 9.17) is 9.47 Å². The molecule has 30 heavy (non-hydrogen) atoms. The number of rotatable bonds is 7. The second-order valence-corrected chi connectivity index (χ2v) is 8.94. The lowest BCUT2D eigenvalue weighted by atomic mass is 9.48. The van der Waals surface area contributed by atoms with Crippen LogP contribution in [0.25, 0.3) is 0 Å². The molecule has 5 atom stereocenters. The van der Waals surface area contributed by atoms with Gasteiger partial charge < -0.3 is 20.1 Å². The summed E-state index contributed by atoms with van der Waals surface area (Å²) in [5.74, 6) is -0.497. The Morgan fingerprint density at radius 1 is 1.40 bits per heavy atom. The van der Waals surface area contributed by atoms with Gasteiger partial charge in [0.2, 0.25) is 6.41 Å². The fourth-order valence-corrected chi connectivity index (χ4v) is 5.69. The summed E-state index contributed by atoms with van der Waals surface area (Å²) in [6.45, 7) is 8.95. The molecule has 3 rings (SSSR count). The fourth-order valence-electron chi connectivity index (χ4n) is 5.69. The zero-order valence-corrected chi connectivity index (χ0v) is 18.0. The number of cyclic esters (lactones) is 1. The predicted molar refractivity (Wildman–Crippen MR) is 112 cm³/mol. The minimum absolute atomic E-state index is 0.0484. The highest BCUT2D eigenvalue weighted by Gasteiger charge is 2.59. The summed E-state index contributed by atoms with van der Waals surface area (Å²) in [5.41, 5.74) is 0.815. The van der Waals surface area contributed by atoms with Gasteiger partial charge in [-0.3, -0.25) is 9.59 Å². The lowest BCUT2D eigenvalue weighted by molar-refractivity contribution is -0.166. The highest BCUT2D eigenvalue weighted by atomic mass is 16.5. The molecule has 2 saturated carbocycles. The van der Waals surface area contributed by atoms with Crippen LogP contribution < -0.4 is 10.6 Å². The third-order valence-electron chi connectivity index (χ3n) is 7.22. The molecule has 0 aromatic heterocycles. The van der Waals surface area contributed by atoms with E-state index >= 15 is 0 Å². The predicted octanol–water partition coefficient (Wildman–Crippen LogP) is 2.04. The molecule has 1 heterocycles. The zero-order valence-electron chi connectivity index (χ0n) is 18.0. The van der Waals surface area contributed by atoms with E-state index in [1.807, 2.05) is 13.0 Å². The van der Waals surface area contributed by atoms with Crippen molar-refractivity contribution in [3.8, 4) is 0 Å². The number of carbonyl (C=O) groups excluding carboxylic acids is 3. The quantitative estimate of drug-likeness (QED) is 0.375. The lowest BCUT2D eigenvalue weighted by Gasteiger charge is -2.59. The van der Waals surface area contributed by atoms with Gasteiger partial charge in [-0.1, -0.05) is 31.2 Å². The van der Waals surface area contributed by atoms with E-state index in [1.165, 1.54) is 0 Å². The second kappa shape index (κ2) is 8.76. The van der Waals surface area contributed by atoms with E-state index in [9.17, 15) is 14.4 Å². The second-order valence-electron chi connectivity index (χ2n) is 8.94. The standard InChI is InChI=1S/C23H32N2O5/c1-15-5-8-18-22(2,17(15)7-6-16-10-12-29-21(16)28)11-9-19(23(18,3)25-14-26)30-20(27)13-24-4/h6-7,10,14,17-19,24H,1,5,8-9,11-13H2,2-4H3,(H,25,26)/b7-6+/t17-,18+,19-,22+,23+/m1/s1. The number of nitrogens with one attached hydrogen (secondary N) is 2. The minimum Gasteiger partial charge on any atom is -0.459 e. The summed E-state index contributed by atoms with van der Waals surface area (Å²) in [4.78, 5) is 35.5. The molecule has 7 heteroatoms. The number of carbonyl (C=O) groups is 3. The van der Waals surface area contributed by atoms with Crippen molar-refractivity contribution in [2.75, 3.05) is 20.2 Å². The van der Waals surface area contributed by atoms with Crippen LogP contribution in [-0.2, 0) is 23.9 Å². The van der Waals surface area contributed by atoms with Gasteiger partial charge in [-0.25, -0.2) is 4.79 Å². The van der Waals surface area contributed by atoms with Crippen molar-refractivity contribution in [1.82, 2.24) is 10.6 Å². The summed E-state index contributed by atoms with van der Waals surface area (Å²) >= 11 is 0. The average Bonchev–Trinajstić information content (AvgIpc) is 3.09. The maximum atomic E-state index is 12.2. The number of likely N-dealkylation sites (N-methyl/N-ethyl adjacent to an activating group) is 1. The molecule has 0 spiro atoms. The van der Waals surface area contributed by atoms with Crippen molar-refractivity contribution < 1.29 is 23.9 Å². The molecule has 1 amide bonds. The molecule has 1 aliphatic heterocycles. The normalized spacial score (nSPS) is 36.1. The highest BCUT2D eigenvalue weighted by molar-refractivity contribution is 5.93. The van der Waals surface area contributed by atoms with Crippen LogP contribution in [0.1, 0.15) is 39.5 Å². The SMILES string of the molecule is C=C1CC[C@H]2[C@@](C)(CC[C@@H](OC(=O)CNC)[C@@]2(C)NC=O)[C@@H]1/C=C/C1=CCOC1=O. The zero-order chi connectivity index (χ0) is 21.9. The van der Waals surface area contributed by atoms with E-state index in [1.54, 1.807) is 13.1 Å². The first-order valence-corrected chi connectivity index (χ1v) is 10.5.